The van der Waals surface area contributed by atoms with Crippen LogP contribution in [0.2, 0.25) is 5.02 Å². The lowest BCUT2D eigenvalue weighted by Gasteiger charge is -2.19. The molecule has 11 nitrogen and oxygen atoms in total. The van der Waals surface area contributed by atoms with Crippen LogP contribution in [-0.4, -0.2) is 44.6 Å². The predicted molar refractivity (Wildman–Crippen MR) is 174 cm³/mol. The van der Waals surface area contributed by atoms with Gasteiger partial charge in [0.05, 0.1) is 23.7 Å². The summed E-state index contributed by atoms with van der Waals surface area (Å²) in [4.78, 5) is 51.9. The van der Waals surface area contributed by atoms with E-state index in [0.29, 0.717) is 32.9 Å². The third-order valence-corrected chi connectivity index (χ3v) is 8.57. The second-order valence-electron chi connectivity index (χ2n) is 11.5. The molecule has 1 aliphatic carbocycles. The van der Waals surface area contributed by atoms with Gasteiger partial charge in [-0.25, -0.2) is 13.6 Å². The smallest absolute Gasteiger partial charge is 0.319 e. The highest BCUT2D eigenvalue weighted by Crippen LogP contribution is 2.38. The number of halogens is 3. The van der Waals surface area contributed by atoms with Gasteiger partial charge in [-0.3, -0.25) is 19.1 Å². The minimum Gasteiger partial charge on any atom is -0.364 e. The van der Waals surface area contributed by atoms with Crippen LogP contribution in [0.1, 0.15) is 35.9 Å². The van der Waals surface area contributed by atoms with Crippen molar-refractivity contribution in [2.45, 2.75) is 39.0 Å². The van der Waals surface area contributed by atoms with Crippen molar-refractivity contribution in [1.29, 1.82) is 0 Å². The maximum atomic E-state index is 15.5. The van der Waals surface area contributed by atoms with Crippen LogP contribution in [0.3, 0.4) is 0 Å². The first-order chi connectivity index (χ1) is 23.1. The quantitative estimate of drug-likeness (QED) is 0.142. The lowest BCUT2D eigenvalue weighted by Crippen LogP contribution is -2.32. The highest BCUT2D eigenvalue weighted by molar-refractivity contribution is 6.33. The van der Waals surface area contributed by atoms with Gasteiger partial charge in [-0.2, -0.15) is 5.10 Å². The van der Waals surface area contributed by atoms with E-state index in [1.165, 1.54) is 30.0 Å². The van der Waals surface area contributed by atoms with Gasteiger partial charge in [0.1, 0.15) is 30.4 Å². The van der Waals surface area contributed by atoms with Crippen molar-refractivity contribution < 1.29 is 32.5 Å². The number of urea groups is 1. The number of carbonyl (C=O) groups excluding carboxylic acids is 4. The van der Waals surface area contributed by atoms with Gasteiger partial charge in [0.25, 0.3) is 0 Å². The average Bonchev–Trinajstić information content (AvgIpc) is 3.81. The fourth-order valence-electron chi connectivity index (χ4n) is 5.94. The Morgan fingerprint density at radius 1 is 0.979 bits per heavy atom. The van der Waals surface area contributed by atoms with Crippen LogP contribution in [0.5, 0.6) is 0 Å². The molecule has 2 heterocycles. The Balaban J connectivity index is 1.18. The number of carbonyl (C=O) groups is 4. The molecule has 0 radical (unpaired) electrons. The molecule has 6 rings (SSSR count). The van der Waals surface area contributed by atoms with Crippen LogP contribution >= 0.6 is 11.6 Å². The van der Waals surface area contributed by atoms with Crippen molar-refractivity contribution in [2.24, 2.45) is 11.8 Å². The second-order valence-corrected chi connectivity index (χ2v) is 11.9. The van der Waals surface area contributed by atoms with Gasteiger partial charge in [0.15, 0.2) is 17.4 Å². The summed E-state index contributed by atoms with van der Waals surface area (Å²) in [5.41, 5.74) is 1.90. The molecule has 3 amide bonds. The van der Waals surface area contributed by atoms with Crippen molar-refractivity contribution in [3.05, 3.63) is 95.2 Å². The van der Waals surface area contributed by atoms with E-state index < -0.39 is 41.5 Å². The standard InChI is InChI=1S/C34H29ClF2N6O5/c1-18(44)32-26-15-20(39-34(47)38-16-21-11-12-48-42-21)9-10-29(26)43(41-32)17-30(45)24-13-19(36)14-25(24)33(46)40-28-8-4-6-23(31(28)37)22-5-2-3-7-27(22)35/h2-12,15,19,24-25H,13-14,16-17H2,1H3,(H,40,46)(H2,38,39,47)/t19-,24+,25-/m0/s1. The molecule has 3 atom stereocenters. The Morgan fingerprint density at radius 2 is 1.75 bits per heavy atom. The number of hydrogen-bond acceptors (Lipinski definition) is 7. The number of hydrogen-bond donors (Lipinski definition) is 3. The van der Waals surface area contributed by atoms with Crippen molar-refractivity contribution in [3.8, 4) is 11.1 Å². The van der Waals surface area contributed by atoms with E-state index in [1.807, 2.05) is 0 Å². The number of Topliss-reactive ketones (excluding diaryl/α,β-unsaturated/α-hetero) is 2. The number of rotatable bonds is 10. The Labute approximate surface area is 277 Å². The number of aromatic nitrogens is 3. The average molecular weight is 675 g/mol. The molecule has 1 fully saturated rings. The number of anilines is 2. The summed E-state index contributed by atoms with van der Waals surface area (Å²) in [5.74, 6) is -4.30. The molecule has 0 unspecified atom stereocenters. The van der Waals surface area contributed by atoms with Crippen molar-refractivity contribution in [3.63, 3.8) is 0 Å². The highest BCUT2D eigenvalue weighted by Gasteiger charge is 2.43. The van der Waals surface area contributed by atoms with Crippen LogP contribution in [0, 0.1) is 17.7 Å². The van der Waals surface area contributed by atoms with Crippen LogP contribution in [0.25, 0.3) is 22.0 Å². The largest absolute Gasteiger partial charge is 0.364 e. The molecule has 1 aliphatic rings. The topological polar surface area (TPSA) is 148 Å². The lowest BCUT2D eigenvalue weighted by atomic mass is 9.91. The molecular weight excluding hydrogens is 646 g/mol. The first-order valence-electron chi connectivity index (χ1n) is 15.1. The van der Waals surface area contributed by atoms with E-state index in [1.54, 1.807) is 54.6 Å². The molecule has 0 spiro atoms. The second kappa shape index (κ2) is 13.7. The fourth-order valence-corrected chi connectivity index (χ4v) is 6.18. The summed E-state index contributed by atoms with van der Waals surface area (Å²) in [5, 5.41) is 16.7. The first-order valence-corrected chi connectivity index (χ1v) is 15.4. The van der Waals surface area contributed by atoms with Crippen LogP contribution in [-0.2, 0) is 22.7 Å². The molecule has 0 aliphatic heterocycles. The van der Waals surface area contributed by atoms with E-state index >= 15 is 4.39 Å². The summed E-state index contributed by atoms with van der Waals surface area (Å²) in [7, 11) is 0. The van der Waals surface area contributed by atoms with Gasteiger partial charge in [-0.05, 0) is 43.2 Å². The van der Waals surface area contributed by atoms with Gasteiger partial charge in [-0.1, -0.05) is 47.1 Å². The van der Waals surface area contributed by atoms with Crippen molar-refractivity contribution in [2.75, 3.05) is 10.6 Å². The molecule has 14 heteroatoms. The fraction of sp³-hybridized carbons (Fsp3) is 0.235. The zero-order valence-electron chi connectivity index (χ0n) is 25.5. The summed E-state index contributed by atoms with van der Waals surface area (Å²) in [6, 6.07) is 17.0. The van der Waals surface area contributed by atoms with Crippen molar-refractivity contribution >= 4 is 57.4 Å². The predicted octanol–water partition coefficient (Wildman–Crippen LogP) is 6.58. The number of nitrogens with one attached hydrogen (secondary N) is 3. The number of ketones is 2. The molecule has 246 valence electrons. The molecule has 2 aromatic heterocycles. The number of nitrogens with zero attached hydrogens (tertiary/aromatic N) is 3. The Kier molecular flexibility index (Phi) is 9.30. The molecule has 48 heavy (non-hydrogen) atoms. The summed E-state index contributed by atoms with van der Waals surface area (Å²) < 4.78 is 36.3. The normalized spacial score (nSPS) is 17.3. The van der Waals surface area contributed by atoms with Gasteiger partial charge < -0.3 is 20.5 Å². The van der Waals surface area contributed by atoms with Crippen LogP contribution < -0.4 is 16.0 Å². The van der Waals surface area contributed by atoms with E-state index in [0.717, 1.165) is 0 Å². The third kappa shape index (κ3) is 6.81. The van der Waals surface area contributed by atoms with Crippen molar-refractivity contribution in [1.82, 2.24) is 20.3 Å². The van der Waals surface area contributed by atoms with Gasteiger partial charge in [0.2, 0.25) is 5.91 Å². The molecular formula is C34H29ClF2N6O5. The zero-order chi connectivity index (χ0) is 33.9. The van der Waals surface area contributed by atoms with E-state index in [-0.39, 0.29) is 48.7 Å². The van der Waals surface area contributed by atoms with Gasteiger partial charge in [0, 0.05) is 46.1 Å². The van der Waals surface area contributed by atoms with E-state index in [9.17, 15) is 23.6 Å². The monoisotopic (exact) mass is 674 g/mol. The third-order valence-electron chi connectivity index (χ3n) is 8.24. The summed E-state index contributed by atoms with van der Waals surface area (Å²) >= 11 is 6.26. The molecule has 3 aromatic carbocycles. The van der Waals surface area contributed by atoms with Gasteiger partial charge >= 0.3 is 6.03 Å². The summed E-state index contributed by atoms with van der Waals surface area (Å²) in [6.45, 7) is 1.11. The Bertz CT molecular complexity index is 2030. The number of amides is 3. The molecule has 0 bridgehead atoms. The van der Waals surface area contributed by atoms with E-state index in [4.69, 9.17) is 16.1 Å². The Hall–Kier alpha value is -5.43. The lowest BCUT2D eigenvalue weighted by molar-refractivity contribution is -0.130. The van der Waals surface area contributed by atoms with Gasteiger partial charge in [-0.15, -0.1) is 0 Å². The molecule has 0 saturated heterocycles. The molecule has 5 aromatic rings. The SMILES string of the molecule is CC(=O)c1nn(CC(=O)[C@@H]2C[C@H](F)C[C@@H]2C(=O)Nc2cccc(-c3ccccc3Cl)c2F)c2ccc(NC(=O)NCc3ccon3)cc12. The highest BCUT2D eigenvalue weighted by atomic mass is 35.5. The first kappa shape index (κ1) is 32.5. The zero-order valence-corrected chi connectivity index (χ0v) is 26.3. The summed E-state index contributed by atoms with van der Waals surface area (Å²) in [6.07, 6.45) is -0.424. The molecule has 1 saturated carbocycles. The maximum absolute atomic E-state index is 15.5. The van der Waals surface area contributed by atoms with Crippen LogP contribution in [0.15, 0.2) is 77.5 Å². The van der Waals surface area contributed by atoms with Crippen LogP contribution in [0.4, 0.5) is 25.0 Å². The molecule has 3 N–H and O–H groups in total. The maximum Gasteiger partial charge on any atom is 0.319 e. The minimum atomic E-state index is -1.42. The number of benzene rings is 3. The number of alkyl halides is 1. The van der Waals surface area contributed by atoms with E-state index in [2.05, 4.69) is 26.2 Å². The minimum absolute atomic E-state index is 0.0717. The number of fused-ring (bicyclic) bond motifs is 1. The Morgan fingerprint density at radius 3 is 2.50 bits per heavy atom.